The van der Waals surface area contributed by atoms with Gasteiger partial charge in [-0.25, -0.2) is 4.39 Å². The summed E-state index contributed by atoms with van der Waals surface area (Å²) < 4.78 is 13.0. The molecular formula is C21H17FN4O. The molecule has 0 unspecified atom stereocenters. The Morgan fingerprint density at radius 3 is 2.22 bits per heavy atom. The van der Waals surface area contributed by atoms with Gasteiger partial charge in [0.05, 0.1) is 5.69 Å². The van der Waals surface area contributed by atoms with Gasteiger partial charge in [-0.1, -0.05) is 17.7 Å². The van der Waals surface area contributed by atoms with Gasteiger partial charge in [0.2, 0.25) is 0 Å². The van der Waals surface area contributed by atoms with Crippen LogP contribution in [0.25, 0.3) is 16.7 Å². The van der Waals surface area contributed by atoms with Crippen molar-refractivity contribution in [3.63, 3.8) is 0 Å². The van der Waals surface area contributed by atoms with Gasteiger partial charge in [-0.3, -0.25) is 4.79 Å². The number of nitrogens with one attached hydrogen (secondary N) is 1. The van der Waals surface area contributed by atoms with E-state index in [-0.39, 0.29) is 11.7 Å². The van der Waals surface area contributed by atoms with Crippen LogP contribution in [0, 0.1) is 19.7 Å². The zero-order chi connectivity index (χ0) is 19.0. The summed E-state index contributed by atoms with van der Waals surface area (Å²) in [7, 11) is 0. The van der Waals surface area contributed by atoms with E-state index in [1.807, 2.05) is 44.2 Å². The molecule has 0 aliphatic carbocycles. The lowest BCUT2D eigenvalue weighted by molar-refractivity contribution is 0.102. The van der Waals surface area contributed by atoms with Gasteiger partial charge in [-0.05, 0) is 67.9 Å². The normalized spacial score (nSPS) is 10.9. The molecule has 1 aromatic heterocycles. The summed E-state index contributed by atoms with van der Waals surface area (Å²) in [6.07, 6.45) is 0. The molecule has 0 aliphatic rings. The number of nitrogens with zero attached hydrogens (tertiary/aromatic N) is 3. The van der Waals surface area contributed by atoms with E-state index in [1.165, 1.54) is 24.3 Å². The first-order chi connectivity index (χ1) is 13.0. The molecular weight excluding hydrogens is 343 g/mol. The molecule has 0 spiro atoms. The largest absolute Gasteiger partial charge is 0.322 e. The Bertz CT molecular complexity index is 1130. The first-order valence-corrected chi connectivity index (χ1v) is 8.51. The van der Waals surface area contributed by atoms with Crippen molar-refractivity contribution in [2.45, 2.75) is 13.8 Å². The Morgan fingerprint density at radius 1 is 0.926 bits per heavy atom. The molecule has 134 valence electrons. The first-order valence-electron chi connectivity index (χ1n) is 8.51. The number of benzene rings is 3. The molecule has 0 saturated heterocycles. The summed E-state index contributed by atoms with van der Waals surface area (Å²) in [6, 6.07) is 17.0. The van der Waals surface area contributed by atoms with Crippen LogP contribution >= 0.6 is 0 Å². The number of carbonyl (C=O) groups excluding carboxylic acids is 1. The minimum Gasteiger partial charge on any atom is -0.322 e. The molecule has 0 aliphatic heterocycles. The van der Waals surface area contributed by atoms with Crippen LogP contribution in [0.3, 0.4) is 0 Å². The number of aromatic nitrogens is 3. The Hall–Kier alpha value is -3.54. The lowest BCUT2D eigenvalue weighted by Gasteiger charge is -2.08. The third-order valence-electron chi connectivity index (χ3n) is 4.35. The van der Waals surface area contributed by atoms with Gasteiger partial charge >= 0.3 is 0 Å². The van der Waals surface area contributed by atoms with Gasteiger partial charge in [0.25, 0.3) is 5.91 Å². The number of fused-ring (bicyclic) bond motifs is 1. The SMILES string of the molecule is Cc1ccc(-n2nc3cc(C)c(NC(=O)c4ccc(F)cc4)cc3n2)cc1. The van der Waals surface area contributed by atoms with E-state index < -0.39 is 0 Å². The highest BCUT2D eigenvalue weighted by Gasteiger charge is 2.12. The third-order valence-corrected chi connectivity index (χ3v) is 4.35. The number of carbonyl (C=O) groups is 1. The zero-order valence-corrected chi connectivity index (χ0v) is 14.9. The summed E-state index contributed by atoms with van der Waals surface area (Å²) in [5.41, 5.74) is 5.35. The molecule has 4 rings (SSSR count). The van der Waals surface area contributed by atoms with Gasteiger partial charge in [0, 0.05) is 11.3 Å². The topological polar surface area (TPSA) is 59.8 Å². The number of aryl methyl sites for hydroxylation is 2. The molecule has 6 heteroatoms. The lowest BCUT2D eigenvalue weighted by atomic mass is 10.1. The summed E-state index contributed by atoms with van der Waals surface area (Å²) in [5.74, 6) is -0.680. The van der Waals surface area contributed by atoms with Crippen LogP contribution in [-0.4, -0.2) is 20.9 Å². The van der Waals surface area contributed by atoms with Crippen LogP contribution in [0.1, 0.15) is 21.5 Å². The fourth-order valence-electron chi connectivity index (χ4n) is 2.79. The molecule has 1 heterocycles. The van der Waals surface area contributed by atoms with Crippen molar-refractivity contribution >= 4 is 22.6 Å². The fourth-order valence-corrected chi connectivity index (χ4v) is 2.79. The maximum absolute atomic E-state index is 13.0. The monoisotopic (exact) mass is 360 g/mol. The quantitative estimate of drug-likeness (QED) is 0.588. The number of hydrogen-bond acceptors (Lipinski definition) is 3. The summed E-state index contributed by atoms with van der Waals surface area (Å²) in [4.78, 5) is 14.0. The standard InChI is InChI=1S/C21H17FN4O/c1-13-3-9-17(10-4-13)26-24-19-11-14(2)18(12-20(19)25-26)23-21(27)15-5-7-16(22)8-6-15/h3-12H,1-2H3,(H,23,27). The smallest absolute Gasteiger partial charge is 0.255 e. The van der Waals surface area contributed by atoms with Crippen LogP contribution < -0.4 is 5.32 Å². The van der Waals surface area contributed by atoms with Crippen LogP contribution in [0.15, 0.2) is 60.7 Å². The van der Waals surface area contributed by atoms with E-state index in [0.717, 1.165) is 22.3 Å². The highest BCUT2D eigenvalue weighted by atomic mass is 19.1. The van der Waals surface area contributed by atoms with E-state index in [2.05, 4.69) is 15.5 Å². The molecule has 27 heavy (non-hydrogen) atoms. The van der Waals surface area contributed by atoms with Gasteiger partial charge in [0.15, 0.2) is 0 Å². The van der Waals surface area contributed by atoms with Crippen molar-refractivity contribution in [2.24, 2.45) is 0 Å². The molecule has 4 aromatic rings. The highest BCUT2D eigenvalue weighted by molar-refractivity contribution is 6.05. The van der Waals surface area contributed by atoms with Crippen molar-refractivity contribution in [1.82, 2.24) is 15.0 Å². The van der Waals surface area contributed by atoms with Crippen LogP contribution in [-0.2, 0) is 0 Å². The summed E-state index contributed by atoms with van der Waals surface area (Å²) >= 11 is 0. The van der Waals surface area contributed by atoms with Crippen LogP contribution in [0.4, 0.5) is 10.1 Å². The maximum atomic E-state index is 13.0. The second-order valence-corrected chi connectivity index (χ2v) is 6.44. The van der Waals surface area contributed by atoms with Gasteiger partial charge < -0.3 is 5.32 Å². The van der Waals surface area contributed by atoms with Crippen molar-refractivity contribution in [3.8, 4) is 5.69 Å². The Balaban J connectivity index is 1.65. The molecule has 0 radical (unpaired) electrons. The number of hydrogen-bond donors (Lipinski definition) is 1. The molecule has 0 fully saturated rings. The van der Waals surface area contributed by atoms with Crippen LogP contribution in [0.5, 0.6) is 0 Å². The second-order valence-electron chi connectivity index (χ2n) is 6.44. The number of anilines is 1. The molecule has 1 amide bonds. The minimum absolute atomic E-state index is 0.302. The average molecular weight is 360 g/mol. The maximum Gasteiger partial charge on any atom is 0.255 e. The van der Waals surface area contributed by atoms with Gasteiger partial charge in [0.1, 0.15) is 16.9 Å². The van der Waals surface area contributed by atoms with E-state index in [4.69, 9.17) is 0 Å². The van der Waals surface area contributed by atoms with E-state index >= 15 is 0 Å². The molecule has 0 bridgehead atoms. The fraction of sp³-hybridized carbons (Fsp3) is 0.0952. The molecule has 3 aromatic carbocycles. The van der Waals surface area contributed by atoms with E-state index in [0.29, 0.717) is 16.8 Å². The lowest BCUT2D eigenvalue weighted by Crippen LogP contribution is -2.12. The third kappa shape index (κ3) is 3.42. The van der Waals surface area contributed by atoms with Gasteiger partial charge in [-0.2, -0.15) is 4.80 Å². The van der Waals surface area contributed by atoms with E-state index in [9.17, 15) is 9.18 Å². The highest BCUT2D eigenvalue weighted by Crippen LogP contribution is 2.23. The molecule has 0 atom stereocenters. The molecule has 5 nitrogen and oxygen atoms in total. The Labute approximate surface area is 155 Å². The van der Waals surface area contributed by atoms with Gasteiger partial charge in [-0.15, -0.1) is 10.2 Å². The Morgan fingerprint density at radius 2 is 1.56 bits per heavy atom. The van der Waals surface area contributed by atoms with Crippen molar-refractivity contribution < 1.29 is 9.18 Å². The van der Waals surface area contributed by atoms with Crippen molar-refractivity contribution in [1.29, 1.82) is 0 Å². The summed E-state index contributed by atoms with van der Waals surface area (Å²) in [5, 5.41) is 11.9. The predicted molar refractivity (Wildman–Crippen MR) is 103 cm³/mol. The van der Waals surface area contributed by atoms with Crippen molar-refractivity contribution in [3.05, 3.63) is 83.2 Å². The van der Waals surface area contributed by atoms with Crippen LogP contribution in [0.2, 0.25) is 0 Å². The minimum atomic E-state index is -0.378. The van der Waals surface area contributed by atoms with E-state index in [1.54, 1.807) is 10.9 Å². The average Bonchev–Trinajstić information content (AvgIpc) is 3.05. The predicted octanol–water partition coefficient (Wildman–Crippen LogP) is 4.43. The molecule has 0 saturated carbocycles. The number of amides is 1. The first kappa shape index (κ1) is 16.9. The summed E-state index contributed by atoms with van der Waals surface area (Å²) in [6.45, 7) is 3.92. The Kier molecular flexibility index (Phi) is 4.16. The molecule has 1 N–H and O–H groups in total. The number of halogens is 1. The zero-order valence-electron chi connectivity index (χ0n) is 14.9. The second kappa shape index (κ2) is 6.64. The number of rotatable bonds is 3. The van der Waals surface area contributed by atoms with Crippen molar-refractivity contribution in [2.75, 3.05) is 5.32 Å².